The largest absolute Gasteiger partial charge is 0.289 e. The van der Waals surface area contributed by atoms with Gasteiger partial charge in [0.1, 0.15) is 0 Å². The van der Waals surface area contributed by atoms with E-state index >= 15 is 0 Å². The first-order chi connectivity index (χ1) is 7.86. The van der Waals surface area contributed by atoms with Crippen LogP contribution in [0.2, 0.25) is 0 Å². The molecule has 0 aliphatic carbocycles. The lowest BCUT2D eigenvalue weighted by Crippen LogP contribution is -1.97. The highest BCUT2D eigenvalue weighted by molar-refractivity contribution is 5.90. The average Bonchev–Trinajstić information content (AvgIpc) is 2.49. The maximum atomic E-state index is 12.2. The van der Waals surface area contributed by atoms with Crippen LogP contribution in [0.4, 0.5) is 0 Å². The summed E-state index contributed by atoms with van der Waals surface area (Å²) < 4.78 is 0. The van der Waals surface area contributed by atoms with Crippen LogP contribution in [0.25, 0.3) is 21.7 Å². The van der Waals surface area contributed by atoms with E-state index in [1.165, 1.54) is 0 Å². The van der Waals surface area contributed by atoms with Crippen molar-refractivity contribution in [2.45, 2.75) is 0 Å². The lowest BCUT2D eigenvalue weighted by atomic mass is 10.1. The van der Waals surface area contributed by atoms with Crippen LogP contribution < -0.4 is 5.43 Å². The molecule has 2 heteroatoms. The maximum absolute atomic E-state index is 12.2. The van der Waals surface area contributed by atoms with E-state index in [1.807, 2.05) is 48.5 Å². The Bertz CT molecular complexity index is 673. The van der Waals surface area contributed by atoms with Crippen LogP contribution in [0.15, 0.2) is 59.5 Å². The zero-order chi connectivity index (χ0) is 11.0. The minimum Gasteiger partial charge on any atom is -0.289 e. The van der Waals surface area contributed by atoms with Gasteiger partial charge in [0.25, 0.3) is 0 Å². The first kappa shape index (κ1) is 9.04. The van der Waals surface area contributed by atoms with Crippen LogP contribution in [0.5, 0.6) is 0 Å². The molecule has 0 aliphatic heterocycles. The third-order valence-corrected chi connectivity index (χ3v) is 2.70. The number of nitrogens with zero attached hydrogens (tertiary/aromatic N) is 1. The molecule has 76 valence electrons. The highest BCUT2D eigenvalue weighted by atomic mass is 16.1. The maximum Gasteiger partial charge on any atom is 0.195 e. The van der Waals surface area contributed by atoms with Crippen LogP contribution in [-0.4, -0.2) is 4.98 Å². The van der Waals surface area contributed by atoms with Gasteiger partial charge in [-0.05, 0) is 12.1 Å². The summed E-state index contributed by atoms with van der Waals surface area (Å²) in [6.07, 6.45) is 1.75. The molecular weight excluding hydrogens is 198 g/mol. The van der Waals surface area contributed by atoms with Crippen molar-refractivity contribution in [3.8, 4) is 0 Å². The van der Waals surface area contributed by atoms with Crippen molar-refractivity contribution in [1.82, 2.24) is 4.98 Å². The molecule has 0 saturated heterocycles. The summed E-state index contributed by atoms with van der Waals surface area (Å²) in [5, 5.41) is 2.27. The third kappa shape index (κ3) is 1.27. The molecule has 0 radical (unpaired) electrons. The summed E-state index contributed by atoms with van der Waals surface area (Å²) in [7, 11) is 0. The van der Waals surface area contributed by atoms with Gasteiger partial charge in [0, 0.05) is 22.4 Å². The summed E-state index contributed by atoms with van der Waals surface area (Å²) in [5.41, 5.74) is 0.785. The lowest BCUT2D eigenvalue weighted by Gasteiger charge is -1.88. The lowest BCUT2D eigenvalue weighted by molar-refractivity contribution is 1.46. The van der Waals surface area contributed by atoms with Gasteiger partial charge in [-0.25, -0.2) is 0 Å². The highest BCUT2D eigenvalue weighted by Gasteiger charge is 2.01. The highest BCUT2D eigenvalue weighted by Crippen LogP contribution is 2.11. The Morgan fingerprint density at radius 2 is 1.50 bits per heavy atom. The minimum absolute atomic E-state index is 0.0451. The molecule has 0 N–H and O–H groups in total. The number of aromatic nitrogens is 1. The van der Waals surface area contributed by atoms with Gasteiger partial charge < -0.3 is 0 Å². The average molecular weight is 207 g/mol. The summed E-state index contributed by atoms with van der Waals surface area (Å²) in [5.74, 6) is 0. The molecule has 1 heterocycles. The van der Waals surface area contributed by atoms with Gasteiger partial charge >= 0.3 is 0 Å². The van der Waals surface area contributed by atoms with E-state index in [9.17, 15) is 4.79 Å². The molecular formula is C14H9NO. The van der Waals surface area contributed by atoms with Gasteiger partial charge in [-0.3, -0.25) is 9.78 Å². The Balaban J connectivity index is 2.69. The van der Waals surface area contributed by atoms with E-state index in [-0.39, 0.29) is 5.43 Å². The zero-order valence-electron chi connectivity index (χ0n) is 8.55. The standard InChI is InChI=1S/C14H9NO/c16-14-11-6-2-1-5-10(11)9-15-13-8-4-3-7-12(13)14/h1-9H. The van der Waals surface area contributed by atoms with Gasteiger partial charge in [-0.2, -0.15) is 0 Å². The molecule has 2 nitrogen and oxygen atoms in total. The first-order valence-corrected chi connectivity index (χ1v) is 5.13. The number of hydrogen-bond acceptors (Lipinski definition) is 2. The topological polar surface area (TPSA) is 30.0 Å². The zero-order valence-corrected chi connectivity index (χ0v) is 8.55. The van der Waals surface area contributed by atoms with E-state index in [4.69, 9.17) is 0 Å². The van der Waals surface area contributed by atoms with Crippen molar-refractivity contribution in [1.29, 1.82) is 0 Å². The molecule has 0 spiro atoms. The van der Waals surface area contributed by atoms with Crippen molar-refractivity contribution in [3.63, 3.8) is 0 Å². The van der Waals surface area contributed by atoms with E-state index in [0.717, 1.165) is 16.3 Å². The fourth-order valence-corrected chi connectivity index (χ4v) is 1.88. The second-order valence-corrected chi connectivity index (χ2v) is 3.69. The van der Waals surface area contributed by atoms with Crippen LogP contribution >= 0.6 is 0 Å². The Labute approximate surface area is 92.2 Å². The Morgan fingerprint density at radius 3 is 2.38 bits per heavy atom. The SMILES string of the molecule is O=c1c2ccccc2cnc2ccccc12. The fraction of sp³-hybridized carbons (Fsp3) is 0. The van der Waals surface area contributed by atoms with Crippen molar-refractivity contribution < 1.29 is 0 Å². The molecule has 0 atom stereocenters. The van der Waals surface area contributed by atoms with Crippen LogP contribution in [-0.2, 0) is 0 Å². The summed E-state index contributed by atoms with van der Waals surface area (Å²) in [6, 6.07) is 15.0. The van der Waals surface area contributed by atoms with Crippen molar-refractivity contribution in [2.75, 3.05) is 0 Å². The first-order valence-electron chi connectivity index (χ1n) is 5.13. The number of fused-ring (bicyclic) bond motifs is 2. The number of rotatable bonds is 0. The van der Waals surface area contributed by atoms with E-state index < -0.39 is 0 Å². The Kier molecular flexibility index (Phi) is 1.93. The van der Waals surface area contributed by atoms with Gasteiger partial charge in [0.15, 0.2) is 5.43 Å². The molecule has 0 fully saturated rings. The van der Waals surface area contributed by atoms with Gasteiger partial charge in [-0.15, -0.1) is 0 Å². The molecule has 3 aromatic rings. The van der Waals surface area contributed by atoms with E-state index in [2.05, 4.69) is 4.98 Å². The summed E-state index contributed by atoms with van der Waals surface area (Å²) in [4.78, 5) is 16.6. The van der Waals surface area contributed by atoms with Gasteiger partial charge in [-0.1, -0.05) is 36.4 Å². The van der Waals surface area contributed by atoms with Crippen LogP contribution in [0, 0.1) is 0 Å². The summed E-state index contributed by atoms with van der Waals surface area (Å²) in [6.45, 7) is 0. The van der Waals surface area contributed by atoms with Crippen molar-refractivity contribution in [3.05, 3.63) is 65.0 Å². The normalized spacial score (nSPS) is 10.8. The quantitative estimate of drug-likeness (QED) is 0.567. The Hall–Kier alpha value is -2.22. The van der Waals surface area contributed by atoms with Crippen LogP contribution in [0.3, 0.4) is 0 Å². The van der Waals surface area contributed by atoms with Crippen molar-refractivity contribution in [2.24, 2.45) is 0 Å². The molecule has 0 aliphatic rings. The molecule has 0 bridgehead atoms. The predicted molar refractivity (Wildman–Crippen MR) is 65.5 cm³/mol. The third-order valence-electron chi connectivity index (χ3n) is 2.70. The second kappa shape index (κ2) is 3.42. The molecule has 2 aromatic carbocycles. The molecule has 0 unspecified atom stereocenters. The van der Waals surface area contributed by atoms with E-state index in [0.29, 0.717) is 5.39 Å². The molecule has 3 rings (SSSR count). The molecule has 16 heavy (non-hydrogen) atoms. The van der Waals surface area contributed by atoms with Crippen LogP contribution in [0.1, 0.15) is 0 Å². The fourth-order valence-electron chi connectivity index (χ4n) is 1.88. The number of hydrogen-bond donors (Lipinski definition) is 0. The molecule has 0 saturated carbocycles. The minimum atomic E-state index is 0.0451. The molecule has 0 amide bonds. The predicted octanol–water partition coefficient (Wildman–Crippen LogP) is 2.75. The van der Waals surface area contributed by atoms with E-state index in [1.54, 1.807) is 6.20 Å². The Morgan fingerprint density at radius 1 is 0.812 bits per heavy atom. The summed E-state index contributed by atoms with van der Waals surface area (Å²) >= 11 is 0. The molecule has 1 aromatic heterocycles. The van der Waals surface area contributed by atoms with Gasteiger partial charge in [0.05, 0.1) is 5.52 Å². The van der Waals surface area contributed by atoms with Crippen molar-refractivity contribution >= 4 is 21.7 Å². The monoisotopic (exact) mass is 207 g/mol. The second-order valence-electron chi connectivity index (χ2n) is 3.69. The number of benzene rings is 2. The smallest absolute Gasteiger partial charge is 0.195 e. The van der Waals surface area contributed by atoms with Gasteiger partial charge in [0.2, 0.25) is 0 Å². The number of para-hydroxylation sites is 1.